The second kappa shape index (κ2) is 8.68. The molecular formula is C21H18BrN5O4. The summed E-state index contributed by atoms with van der Waals surface area (Å²) in [7, 11) is 1.25. The van der Waals surface area contributed by atoms with E-state index in [0.29, 0.717) is 17.9 Å². The lowest BCUT2D eigenvalue weighted by atomic mass is 9.89. The molecule has 0 spiro atoms. The number of hydrogen-bond acceptors (Lipinski definition) is 8. The molecule has 0 bridgehead atoms. The molecule has 31 heavy (non-hydrogen) atoms. The molecule has 1 aliphatic heterocycles. The number of nitrogens with one attached hydrogen (secondary N) is 1. The van der Waals surface area contributed by atoms with E-state index < -0.39 is 12.0 Å². The lowest BCUT2D eigenvalue weighted by Crippen LogP contribution is -2.32. The van der Waals surface area contributed by atoms with Crippen LogP contribution in [-0.2, 0) is 9.53 Å². The Morgan fingerprint density at radius 3 is 2.48 bits per heavy atom. The van der Waals surface area contributed by atoms with Gasteiger partial charge in [-0.1, -0.05) is 33.2 Å². The third kappa shape index (κ3) is 3.93. The SMILES string of the molecule is CCOc1ccc(C(=O)C2=C(C(=O)OC)Nc3nnnn3[C@H]2c2ccc(Br)cc2)cc1. The maximum absolute atomic E-state index is 13.6. The fraction of sp³-hybridized carbons (Fsp3) is 0.190. The van der Waals surface area contributed by atoms with Crippen molar-refractivity contribution in [1.82, 2.24) is 20.2 Å². The number of anilines is 1. The van der Waals surface area contributed by atoms with Crippen molar-refractivity contribution in [2.75, 3.05) is 19.0 Å². The zero-order chi connectivity index (χ0) is 22.0. The number of aromatic nitrogens is 4. The van der Waals surface area contributed by atoms with E-state index in [1.54, 1.807) is 24.3 Å². The first-order valence-corrected chi connectivity index (χ1v) is 10.2. The number of Topliss-reactive ketones (excluding diaryl/α,β-unsaturated/α-hetero) is 1. The van der Waals surface area contributed by atoms with E-state index in [0.717, 1.165) is 10.0 Å². The molecule has 1 aromatic heterocycles. The van der Waals surface area contributed by atoms with Gasteiger partial charge in [0.2, 0.25) is 5.95 Å². The standard InChI is InChI=1S/C21H18BrN5O4/c1-3-31-15-10-6-13(7-11-15)19(28)16-17(20(29)30-2)23-21-24-25-26-27(21)18(16)12-4-8-14(22)9-5-12/h4-11,18H,3H2,1-2H3,(H,23,24,26)/t18-/m0/s1. The van der Waals surface area contributed by atoms with Gasteiger partial charge in [0.15, 0.2) is 5.78 Å². The first-order chi connectivity index (χ1) is 15.0. The summed E-state index contributed by atoms with van der Waals surface area (Å²) >= 11 is 3.42. The van der Waals surface area contributed by atoms with Gasteiger partial charge in [0.05, 0.1) is 19.3 Å². The highest BCUT2D eigenvalue weighted by molar-refractivity contribution is 9.10. The predicted molar refractivity (Wildman–Crippen MR) is 115 cm³/mol. The number of allylic oxidation sites excluding steroid dienone is 1. The van der Waals surface area contributed by atoms with Crippen molar-refractivity contribution in [3.8, 4) is 5.75 Å². The molecule has 1 atom stereocenters. The van der Waals surface area contributed by atoms with Crippen LogP contribution in [-0.4, -0.2) is 45.7 Å². The molecule has 158 valence electrons. The highest BCUT2D eigenvalue weighted by Gasteiger charge is 2.38. The molecule has 2 heterocycles. The zero-order valence-corrected chi connectivity index (χ0v) is 18.3. The third-order valence-corrected chi connectivity index (χ3v) is 5.29. The summed E-state index contributed by atoms with van der Waals surface area (Å²) < 4.78 is 12.7. The molecule has 0 unspecified atom stereocenters. The second-order valence-electron chi connectivity index (χ2n) is 6.59. The van der Waals surface area contributed by atoms with E-state index in [9.17, 15) is 9.59 Å². The van der Waals surface area contributed by atoms with Crippen molar-refractivity contribution in [3.05, 3.63) is 75.4 Å². The molecule has 9 nitrogen and oxygen atoms in total. The van der Waals surface area contributed by atoms with E-state index in [1.807, 2.05) is 31.2 Å². The number of carbonyl (C=O) groups is 2. The Hall–Kier alpha value is -3.53. The summed E-state index contributed by atoms with van der Waals surface area (Å²) in [6, 6.07) is 13.4. The van der Waals surface area contributed by atoms with Gasteiger partial charge >= 0.3 is 5.97 Å². The van der Waals surface area contributed by atoms with Gasteiger partial charge in [-0.2, -0.15) is 4.68 Å². The Labute approximate surface area is 186 Å². The number of nitrogens with zero attached hydrogens (tertiary/aromatic N) is 4. The van der Waals surface area contributed by atoms with Gasteiger partial charge in [0.1, 0.15) is 17.5 Å². The van der Waals surface area contributed by atoms with Gasteiger partial charge in [-0.3, -0.25) is 4.79 Å². The van der Waals surface area contributed by atoms with Crippen molar-refractivity contribution in [3.63, 3.8) is 0 Å². The first kappa shape index (κ1) is 20.7. The van der Waals surface area contributed by atoms with Crippen LogP contribution in [0, 0.1) is 0 Å². The topological polar surface area (TPSA) is 108 Å². The average molecular weight is 484 g/mol. The number of ketones is 1. The molecule has 0 saturated carbocycles. The van der Waals surface area contributed by atoms with E-state index in [1.165, 1.54) is 11.8 Å². The quantitative estimate of drug-likeness (QED) is 0.420. The van der Waals surface area contributed by atoms with E-state index >= 15 is 0 Å². The number of halogens is 1. The number of benzene rings is 2. The normalized spacial score (nSPS) is 15.1. The van der Waals surface area contributed by atoms with Crippen LogP contribution in [0.1, 0.15) is 28.9 Å². The van der Waals surface area contributed by atoms with Crippen LogP contribution in [0.4, 0.5) is 5.95 Å². The lowest BCUT2D eigenvalue weighted by molar-refractivity contribution is -0.136. The van der Waals surface area contributed by atoms with E-state index in [2.05, 4.69) is 36.8 Å². The lowest BCUT2D eigenvalue weighted by Gasteiger charge is -2.28. The minimum absolute atomic E-state index is 0.00314. The van der Waals surface area contributed by atoms with Crippen LogP contribution in [0.5, 0.6) is 5.75 Å². The van der Waals surface area contributed by atoms with Gasteiger partial charge < -0.3 is 14.8 Å². The highest BCUT2D eigenvalue weighted by atomic mass is 79.9. The minimum Gasteiger partial charge on any atom is -0.494 e. The molecule has 0 amide bonds. The van der Waals surface area contributed by atoms with Crippen molar-refractivity contribution in [2.24, 2.45) is 0 Å². The molecule has 1 N–H and O–H groups in total. The minimum atomic E-state index is -0.729. The van der Waals surface area contributed by atoms with Gasteiger partial charge in [-0.15, -0.1) is 0 Å². The molecular weight excluding hydrogens is 466 g/mol. The molecule has 0 fully saturated rings. The van der Waals surface area contributed by atoms with Gasteiger partial charge in [0.25, 0.3) is 0 Å². The van der Waals surface area contributed by atoms with Gasteiger partial charge in [0, 0.05) is 10.0 Å². The summed E-state index contributed by atoms with van der Waals surface area (Å²) in [5, 5.41) is 14.5. The number of ether oxygens (including phenoxy) is 2. The van der Waals surface area contributed by atoms with Crippen LogP contribution in [0.25, 0.3) is 0 Å². The van der Waals surface area contributed by atoms with Gasteiger partial charge in [-0.05, 0) is 59.3 Å². The number of methoxy groups -OCH3 is 1. The Morgan fingerprint density at radius 1 is 1.13 bits per heavy atom. The maximum Gasteiger partial charge on any atom is 0.355 e. The summed E-state index contributed by atoms with van der Waals surface area (Å²) in [5.41, 5.74) is 1.30. The highest BCUT2D eigenvalue weighted by Crippen LogP contribution is 2.37. The van der Waals surface area contributed by atoms with Crippen LogP contribution < -0.4 is 10.1 Å². The van der Waals surface area contributed by atoms with E-state index in [4.69, 9.17) is 9.47 Å². The van der Waals surface area contributed by atoms with Crippen molar-refractivity contribution < 1.29 is 19.1 Å². The first-order valence-electron chi connectivity index (χ1n) is 9.44. The largest absolute Gasteiger partial charge is 0.494 e. The molecule has 3 aromatic rings. The maximum atomic E-state index is 13.6. The summed E-state index contributed by atoms with van der Waals surface area (Å²) in [4.78, 5) is 26.3. The van der Waals surface area contributed by atoms with Crippen molar-refractivity contribution >= 4 is 33.6 Å². The molecule has 4 rings (SSSR count). The average Bonchev–Trinajstić information content (AvgIpc) is 3.26. The number of esters is 1. The summed E-state index contributed by atoms with van der Waals surface area (Å²) in [6.45, 7) is 2.40. The molecule has 0 saturated heterocycles. The summed E-state index contributed by atoms with van der Waals surface area (Å²) in [5.74, 6) is -0.164. The number of tetrazole rings is 1. The molecule has 1 aliphatic rings. The monoisotopic (exact) mass is 483 g/mol. The zero-order valence-electron chi connectivity index (χ0n) is 16.7. The van der Waals surface area contributed by atoms with Crippen molar-refractivity contribution in [1.29, 1.82) is 0 Å². The second-order valence-corrected chi connectivity index (χ2v) is 7.51. The Balaban J connectivity index is 1.87. The smallest absolute Gasteiger partial charge is 0.355 e. The van der Waals surface area contributed by atoms with Crippen LogP contribution in [0.2, 0.25) is 0 Å². The third-order valence-electron chi connectivity index (χ3n) is 4.76. The van der Waals surface area contributed by atoms with E-state index in [-0.39, 0.29) is 23.0 Å². The molecule has 0 aliphatic carbocycles. The molecule has 0 radical (unpaired) electrons. The fourth-order valence-corrected chi connectivity index (χ4v) is 3.63. The van der Waals surface area contributed by atoms with Crippen molar-refractivity contribution in [2.45, 2.75) is 13.0 Å². The number of fused-ring (bicyclic) bond motifs is 1. The number of hydrogen-bond donors (Lipinski definition) is 1. The number of rotatable bonds is 6. The van der Waals surface area contributed by atoms with Crippen LogP contribution in [0.15, 0.2) is 64.3 Å². The fourth-order valence-electron chi connectivity index (χ4n) is 3.37. The Morgan fingerprint density at radius 2 is 1.84 bits per heavy atom. The van der Waals surface area contributed by atoms with Crippen LogP contribution >= 0.6 is 15.9 Å². The van der Waals surface area contributed by atoms with Gasteiger partial charge in [-0.25, -0.2) is 4.79 Å². The van der Waals surface area contributed by atoms with Crippen LogP contribution in [0.3, 0.4) is 0 Å². The summed E-state index contributed by atoms with van der Waals surface area (Å²) in [6.07, 6.45) is 0. The predicted octanol–water partition coefficient (Wildman–Crippen LogP) is 3.16. The Kier molecular flexibility index (Phi) is 5.81. The Bertz CT molecular complexity index is 1160. The number of carbonyl (C=O) groups excluding carboxylic acids is 2. The molecule has 2 aromatic carbocycles. The molecule has 10 heteroatoms.